The van der Waals surface area contributed by atoms with Crippen molar-refractivity contribution in [2.75, 3.05) is 13.2 Å². The number of esters is 3. The van der Waals surface area contributed by atoms with E-state index in [0.717, 1.165) is 109 Å². The van der Waals surface area contributed by atoms with E-state index in [9.17, 15) is 14.4 Å². The van der Waals surface area contributed by atoms with E-state index in [1.165, 1.54) is 116 Å². The van der Waals surface area contributed by atoms with Crippen molar-refractivity contribution >= 4 is 17.9 Å². The number of carbonyl (C=O) groups is 3. The van der Waals surface area contributed by atoms with Gasteiger partial charge >= 0.3 is 17.9 Å². The lowest BCUT2D eigenvalue weighted by atomic mass is 10.0. The third kappa shape index (κ3) is 58.7. The summed E-state index contributed by atoms with van der Waals surface area (Å²) in [5, 5.41) is 0. The molecule has 0 aromatic carbocycles. The molecule has 74 heavy (non-hydrogen) atoms. The molecular weight excluding hydrogens is 913 g/mol. The minimum Gasteiger partial charge on any atom is -0.462 e. The van der Waals surface area contributed by atoms with Crippen LogP contribution in [-0.4, -0.2) is 37.2 Å². The highest BCUT2D eigenvalue weighted by molar-refractivity contribution is 5.71. The fourth-order valence-corrected chi connectivity index (χ4v) is 8.21. The zero-order valence-corrected chi connectivity index (χ0v) is 48.1. The molecule has 1 atom stereocenters. The average Bonchev–Trinajstić information content (AvgIpc) is 3.40. The lowest BCUT2D eigenvalue weighted by Gasteiger charge is -2.18. The first-order valence-electron chi connectivity index (χ1n) is 30.5. The zero-order chi connectivity index (χ0) is 53.6. The summed E-state index contributed by atoms with van der Waals surface area (Å²) in [6.07, 6.45) is 85.2. The molecule has 6 nitrogen and oxygen atoms in total. The van der Waals surface area contributed by atoms with Crippen molar-refractivity contribution in [2.24, 2.45) is 0 Å². The monoisotopic (exact) mass is 1020 g/mol. The van der Waals surface area contributed by atoms with Crippen LogP contribution in [0, 0.1) is 0 Å². The van der Waals surface area contributed by atoms with Crippen LogP contribution in [0.25, 0.3) is 0 Å². The highest BCUT2D eigenvalue weighted by Crippen LogP contribution is 2.16. The molecule has 0 radical (unpaired) electrons. The fraction of sp³-hybridized carbons (Fsp3) is 0.662. The van der Waals surface area contributed by atoms with Gasteiger partial charge in [0.15, 0.2) is 6.10 Å². The van der Waals surface area contributed by atoms with E-state index < -0.39 is 6.10 Å². The molecule has 0 aromatic rings. The molecule has 0 saturated heterocycles. The number of carbonyl (C=O) groups excluding carboxylic acids is 3. The molecule has 0 aliphatic heterocycles. The second-order valence-electron chi connectivity index (χ2n) is 19.9. The Morgan fingerprint density at radius 1 is 0.284 bits per heavy atom. The van der Waals surface area contributed by atoms with Gasteiger partial charge in [-0.05, 0) is 103 Å². The summed E-state index contributed by atoms with van der Waals surface area (Å²) in [5.74, 6) is -0.962. The molecule has 0 aromatic heterocycles. The van der Waals surface area contributed by atoms with Crippen LogP contribution in [0.4, 0.5) is 0 Å². The van der Waals surface area contributed by atoms with Crippen LogP contribution in [0.2, 0.25) is 0 Å². The van der Waals surface area contributed by atoms with E-state index in [4.69, 9.17) is 14.2 Å². The second-order valence-corrected chi connectivity index (χ2v) is 19.9. The van der Waals surface area contributed by atoms with E-state index in [2.05, 4.69) is 142 Å². The van der Waals surface area contributed by atoms with Crippen LogP contribution in [0.5, 0.6) is 0 Å². The Hall–Kier alpha value is -4.19. The van der Waals surface area contributed by atoms with Crippen molar-refractivity contribution < 1.29 is 28.6 Å². The first-order valence-corrected chi connectivity index (χ1v) is 30.5. The summed E-state index contributed by atoms with van der Waals surface area (Å²) in [7, 11) is 0. The van der Waals surface area contributed by atoms with Crippen LogP contribution in [0.3, 0.4) is 0 Å². The molecule has 0 heterocycles. The van der Waals surface area contributed by atoms with Crippen molar-refractivity contribution in [3.05, 3.63) is 122 Å². The number of hydrogen-bond acceptors (Lipinski definition) is 6. The standard InChI is InChI=1S/C68H112O6/c1-4-7-10-13-16-19-21-23-25-27-28-29-30-31-32-33-34-35-36-37-38-39-40-42-43-45-47-49-52-55-58-61-67(70)73-64-65(63-72-66(69)60-57-54-51-18-15-12-9-6-3)74-68(71)62-59-56-53-50-48-46-44-41-26-24-22-20-17-14-11-8-5-2/h7-8,10-11,16-17,19-20,23-26,28-29,31-32,44,46,50,53,65H,4-6,9,12-15,18,21-22,27,30,33-43,45,47-49,51-52,54-64H2,1-3H3/b10-7-,11-8-,19-16-,20-17-,25-23-,26-24-,29-28-,32-31-,46-44-,53-50-. The highest BCUT2D eigenvalue weighted by atomic mass is 16.6. The third-order valence-corrected chi connectivity index (χ3v) is 12.7. The van der Waals surface area contributed by atoms with Crippen LogP contribution in [0.1, 0.15) is 271 Å². The number of rotatable bonds is 54. The molecule has 0 N–H and O–H groups in total. The van der Waals surface area contributed by atoms with Crippen LogP contribution in [0.15, 0.2) is 122 Å². The van der Waals surface area contributed by atoms with Gasteiger partial charge in [-0.25, -0.2) is 0 Å². The van der Waals surface area contributed by atoms with E-state index in [-0.39, 0.29) is 37.5 Å². The maximum Gasteiger partial charge on any atom is 0.306 e. The summed E-state index contributed by atoms with van der Waals surface area (Å²) >= 11 is 0. The molecule has 0 rings (SSSR count). The molecule has 0 aliphatic carbocycles. The Morgan fingerprint density at radius 3 is 0.865 bits per heavy atom. The minimum atomic E-state index is -0.807. The maximum atomic E-state index is 12.8. The van der Waals surface area contributed by atoms with E-state index in [0.29, 0.717) is 19.3 Å². The van der Waals surface area contributed by atoms with E-state index >= 15 is 0 Å². The van der Waals surface area contributed by atoms with Crippen molar-refractivity contribution in [3.63, 3.8) is 0 Å². The van der Waals surface area contributed by atoms with Crippen molar-refractivity contribution in [1.82, 2.24) is 0 Å². The summed E-state index contributed by atoms with van der Waals surface area (Å²) < 4.78 is 16.8. The van der Waals surface area contributed by atoms with Gasteiger partial charge in [-0.15, -0.1) is 0 Å². The summed E-state index contributed by atoms with van der Waals surface area (Å²) in [5.41, 5.74) is 0. The summed E-state index contributed by atoms with van der Waals surface area (Å²) in [4.78, 5) is 38.0. The lowest BCUT2D eigenvalue weighted by molar-refractivity contribution is -0.167. The molecule has 0 fully saturated rings. The van der Waals surface area contributed by atoms with E-state index in [1.807, 2.05) is 0 Å². The first-order chi connectivity index (χ1) is 36.5. The van der Waals surface area contributed by atoms with Gasteiger partial charge in [0, 0.05) is 19.3 Å². The van der Waals surface area contributed by atoms with E-state index in [1.54, 1.807) is 0 Å². The first kappa shape index (κ1) is 69.8. The molecule has 0 bridgehead atoms. The maximum absolute atomic E-state index is 12.8. The number of hydrogen-bond donors (Lipinski definition) is 0. The van der Waals surface area contributed by atoms with Gasteiger partial charge in [-0.3, -0.25) is 14.4 Å². The summed E-state index contributed by atoms with van der Waals surface area (Å²) in [6.45, 7) is 6.34. The normalized spacial score (nSPS) is 13.0. The van der Waals surface area contributed by atoms with Crippen molar-refractivity contribution in [3.8, 4) is 0 Å². The molecule has 0 spiro atoms. The van der Waals surface area contributed by atoms with Gasteiger partial charge in [0.2, 0.25) is 0 Å². The third-order valence-electron chi connectivity index (χ3n) is 12.7. The van der Waals surface area contributed by atoms with Crippen molar-refractivity contribution in [1.29, 1.82) is 0 Å². The Balaban J connectivity index is 4.17. The highest BCUT2D eigenvalue weighted by Gasteiger charge is 2.19. The molecule has 1 unspecified atom stereocenters. The van der Waals surface area contributed by atoms with Crippen LogP contribution >= 0.6 is 0 Å². The fourth-order valence-electron chi connectivity index (χ4n) is 8.21. The molecular formula is C68H112O6. The Bertz CT molecular complexity index is 1550. The molecule has 0 saturated carbocycles. The smallest absolute Gasteiger partial charge is 0.306 e. The quantitative estimate of drug-likeness (QED) is 0.0261. The number of ether oxygens (including phenoxy) is 3. The number of unbranched alkanes of at least 4 members (excludes halogenated alkanes) is 23. The molecule has 0 aliphatic rings. The Kier molecular flexibility index (Phi) is 57.9. The van der Waals surface area contributed by atoms with Gasteiger partial charge in [-0.2, -0.15) is 0 Å². The van der Waals surface area contributed by atoms with Gasteiger partial charge in [0.1, 0.15) is 13.2 Å². The van der Waals surface area contributed by atoms with Gasteiger partial charge in [0.05, 0.1) is 0 Å². The Labute approximate surface area is 456 Å². The van der Waals surface area contributed by atoms with Gasteiger partial charge in [-0.1, -0.05) is 271 Å². The van der Waals surface area contributed by atoms with Gasteiger partial charge < -0.3 is 14.2 Å². The SMILES string of the molecule is CC/C=C\C/C=C\C/C=C\C/C=C\C/C=C\CCCCCCCCCCCCCCCCCC(=O)OCC(COC(=O)CCCCCCCCCC)OC(=O)CCC/C=C\C/C=C\C/C=C\C/C=C\C/C=C\CC. The average molecular weight is 1030 g/mol. The topological polar surface area (TPSA) is 78.9 Å². The van der Waals surface area contributed by atoms with Gasteiger partial charge in [0.25, 0.3) is 0 Å². The van der Waals surface area contributed by atoms with Crippen molar-refractivity contribution in [2.45, 2.75) is 277 Å². The number of allylic oxidation sites excluding steroid dienone is 20. The molecule has 420 valence electrons. The molecule has 0 amide bonds. The minimum absolute atomic E-state index is 0.100. The molecule has 6 heteroatoms. The second kappa shape index (κ2) is 61.4. The Morgan fingerprint density at radius 2 is 0.541 bits per heavy atom. The lowest BCUT2D eigenvalue weighted by Crippen LogP contribution is -2.30. The predicted octanol–water partition coefficient (Wildman–Crippen LogP) is 20.8. The largest absolute Gasteiger partial charge is 0.462 e. The van der Waals surface area contributed by atoms with Crippen LogP contribution in [-0.2, 0) is 28.6 Å². The van der Waals surface area contributed by atoms with Crippen LogP contribution < -0.4 is 0 Å². The zero-order valence-electron chi connectivity index (χ0n) is 48.1. The predicted molar refractivity (Wildman–Crippen MR) is 320 cm³/mol. The summed E-state index contributed by atoms with van der Waals surface area (Å²) in [6, 6.07) is 0.